The Morgan fingerprint density at radius 2 is 1.67 bits per heavy atom. The van der Waals surface area contributed by atoms with E-state index in [1.807, 2.05) is 11.8 Å². The molecular weight excluding hydrogens is 421 g/mol. The zero-order chi connectivity index (χ0) is 20.1. The van der Waals surface area contributed by atoms with E-state index in [1.165, 1.54) is 81.5 Å². The second-order valence-electron chi connectivity index (χ2n) is 8.63. The maximum absolute atomic E-state index is 13.1. The van der Waals surface area contributed by atoms with Crippen molar-refractivity contribution in [3.63, 3.8) is 0 Å². The smallest absolute Gasteiger partial charge is 0.226 e. The number of hydrogen-bond donors (Lipinski definition) is 1. The molecule has 3 fully saturated rings. The Labute approximate surface area is 189 Å². The molecule has 0 radical (unpaired) electrons. The van der Waals surface area contributed by atoms with E-state index in [-0.39, 0.29) is 30.2 Å². The van der Waals surface area contributed by atoms with Crippen LogP contribution in [0.25, 0.3) is 0 Å². The summed E-state index contributed by atoms with van der Waals surface area (Å²) in [4.78, 5) is 20.4. The summed E-state index contributed by atoms with van der Waals surface area (Å²) in [6, 6.07) is 7.17. The molecule has 1 aromatic carbocycles. The van der Waals surface area contributed by atoms with Crippen molar-refractivity contribution in [1.29, 1.82) is 0 Å². The van der Waals surface area contributed by atoms with Crippen LogP contribution >= 0.6 is 24.2 Å². The summed E-state index contributed by atoms with van der Waals surface area (Å²) < 4.78 is 13.1. The number of anilines is 1. The van der Waals surface area contributed by atoms with E-state index < -0.39 is 0 Å². The van der Waals surface area contributed by atoms with Crippen LogP contribution in [0.1, 0.15) is 70.6 Å². The van der Waals surface area contributed by atoms with E-state index in [9.17, 15) is 9.18 Å². The number of nitrogens with zero attached hydrogens (tertiary/aromatic N) is 2. The van der Waals surface area contributed by atoms with Crippen LogP contribution in [-0.2, 0) is 4.79 Å². The van der Waals surface area contributed by atoms with E-state index in [2.05, 4.69) is 10.2 Å². The fourth-order valence-corrected chi connectivity index (χ4v) is 6.17. The maximum Gasteiger partial charge on any atom is 0.226 e. The van der Waals surface area contributed by atoms with Gasteiger partial charge in [-0.15, -0.1) is 12.4 Å². The van der Waals surface area contributed by atoms with Gasteiger partial charge in [0.2, 0.25) is 5.91 Å². The molecule has 1 aromatic rings. The normalized spacial score (nSPS) is 24.6. The molecule has 4 rings (SSSR count). The number of hydrogen-bond acceptors (Lipinski definition) is 3. The topological polar surface area (TPSA) is 44.7 Å². The van der Waals surface area contributed by atoms with Crippen molar-refractivity contribution >= 4 is 40.9 Å². The van der Waals surface area contributed by atoms with Crippen LogP contribution in [0.3, 0.4) is 0 Å². The number of thioether (sulfide) groups is 1. The molecule has 4 nitrogen and oxygen atoms in total. The van der Waals surface area contributed by atoms with Gasteiger partial charge in [-0.25, -0.2) is 4.39 Å². The van der Waals surface area contributed by atoms with Gasteiger partial charge in [-0.05, 0) is 49.9 Å². The first-order valence-electron chi connectivity index (χ1n) is 11.2. The van der Waals surface area contributed by atoms with Crippen LogP contribution in [0, 0.1) is 5.82 Å². The first kappa shape index (κ1) is 23.4. The Hall–Kier alpha value is -1.27. The lowest BCUT2D eigenvalue weighted by molar-refractivity contribution is -0.117. The largest absolute Gasteiger partial charge is 0.344 e. The Morgan fingerprint density at radius 3 is 2.33 bits per heavy atom. The van der Waals surface area contributed by atoms with Crippen molar-refractivity contribution in [3.8, 4) is 0 Å². The monoisotopic (exact) mass is 453 g/mol. The molecule has 0 bridgehead atoms. The lowest BCUT2D eigenvalue weighted by Gasteiger charge is -2.37. The molecular formula is C23H33ClFN3OS. The lowest BCUT2D eigenvalue weighted by Crippen LogP contribution is -2.45. The average Bonchev–Trinajstić information content (AvgIpc) is 3.13. The van der Waals surface area contributed by atoms with E-state index in [0.717, 1.165) is 5.75 Å². The molecule has 1 N–H and O–H groups in total. The minimum Gasteiger partial charge on any atom is -0.344 e. The molecule has 1 atom stereocenters. The van der Waals surface area contributed by atoms with Crippen LogP contribution in [0.5, 0.6) is 0 Å². The average molecular weight is 454 g/mol. The third-order valence-electron chi connectivity index (χ3n) is 6.40. The molecule has 1 heterocycles. The minimum atomic E-state index is -0.290. The number of amidine groups is 1. The van der Waals surface area contributed by atoms with Crippen molar-refractivity contribution in [1.82, 2.24) is 4.90 Å². The van der Waals surface area contributed by atoms with Gasteiger partial charge < -0.3 is 10.2 Å². The Bertz CT molecular complexity index is 718. The number of amides is 1. The van der Waals surface area contributed by atoms with Crippen LogP contribution in [0.4, 0.5) is 10.1 Å². The third-order valence-corrected chi connectivity index (χ3v) is 7.53. The van der Waals surface area contributed by atoms with Crippen LogP contribution in [0.15, 0.2) is 29.3 Å². The molecule has 0 spiro atoms. The summed E-state index contributed by atoms with van der Waals surface area (Å²) in [5, 5.41) is 4.12. The fourth-order valence-electron chi connectivity index (χ4n) is 4.88. The Morgan fingerprint density at radius 1 is 1.03 bits per heavy atom. The number of aliphatic imine (C=N–C) groups is 1. The highest BCUT2D eigenvalue weighted by atomic mass is 35.5. The zero-order valence-electron chi connectivity index (χ0n) is 17.5. The van der Waals surface area contributed by atoms with E-state index in [1.54, 1.807) is 12.1 Å². The summed E-state index contributed by atoms with van der Waals surface area (Å²) in [5.41, 5.74) is 0.655. The fraction of sp³-hybridized carbons (Fsp3) is 0.652. The van der Waals surface area contributed by atoms with Gasteiger partial charge in [0.05, 0.1) is 6.04 Å². The number of halogens is 2. The van der Waals surface area contributed by atoms with Gasteiger partial charge in [0, 0.05) is 29.9 Å². The Balaban J connectivity index is 0.00000256. The van der Waals surface area contributed by atoms with Crippen molar-refractivity contribution in [2.45, 2.75) is 88.8 Å². The Kier molecular flexibility index (Phi) is 8.87. The van der Waals surface area contributed by atoms with Crippen LogP contribution in [-0.4, -0.2) is 39.9 Å². The molecule has 7 heteroatoms. The predicted molar refractivity (Wildman–Crippen MR) is 126 cm³/mol. The van der Waals surface area contributed by atoms with E-state index in [4.69, 9.17) is 4.99 Å². The number of rotatable bonds is 5. The second-order valence-corrected chi connectivity index (χ2v) is 9.61. The predicted octanol–water partition coefficient (Wildman–Crippen LogP) is 6.01. The molecule has 1 saturated heterocycles. The summed E-state index contributed by atoms with van der Waals surface area (Å²) in [6.07, 6.45) is 13.1. The summed E-state index contributed by atoms with van der Waals surface area (Å²) in [7, 11) is 0. The van der Waals surface area contributed by atoms with E-state index >= 15 is 0 Å². The number of benzene rings is 1. The molecule has 1 aliphatic heterocycles. The number of nitrogens with one attached hydrogen (secondary N) is 1. The molecule has 30 heavy (non-hydrogen) atoms. The molecule has 0 aromatic heterocycles. The van der Waals surface area contributed by atoms with Gasteiger partial charge in [-0.3, -0.25) is 9.79 Å². The first-order valence-corrected chi connectivity index (χ1v) is 12.2. The quantitative estimate of drug-likeness (QED) is 0.593. The van der Waals surface area contributed by atoms with Crippen molar-refractivity contribution < 1.29 is 9.18 Å². The SMILES string of the molecule is Cl.O=C(CC1CS/C(=N\C2CCCCC2)N1C1CCCCC1)Nc1ccc(F)cc1. The highest BCUT2D eigenvalue weighted by Gasteiger charge is 2.37. The van der Waals surface area contributed by atoms with Gasteiger partial charge in [0.25, 0.3) is 0 Å². The molecule has 1 unspecified atom stereocenters. The highest BCUT2D eigenvalue weighted by molar-refractivity contribution is 8.14. The lowest BCUT2D eigenvalue weighted by atomic mass is 9.93. The zero-order valence-corrected chi connectivity index (χ0v) is 19.2. The van der Waals surface area contributed by atoms with Gasteiger partial charge in [0.1, 0.15) is 5.82 Å². The van der Waals surface area contributed by atoms with Crippen molar-refractivity contribution in [3.05, 3.63) is 30.1 Å². The first-order chi connectivity index (χ1) is 14.2. The molecule has 2 aliphatic carbocycles. The molecule has 166 valence electrons. The highest BCUT2D eigenvalue weighted by Crippen LogP contribution is 2.35. The van der Waals surface area contributed by atoms with Gasteiger partial charge in [0.15, 0.2) is 5.17 Å². The molecule has 1 amide bonds. The van der Waals surface area contributed by atoms with E-state index in [0.29, 0.717) is 24.2 Å². The molecule has 2 saturated carbocycles. The third kappa shape index (κ3) is 6.13. The summed E-state index contributed by atoms with van der Waals surface area (Å²) in [5.74, 6) is 0.642. The second kappa shape index (κ2) is 11.4. The summed E-state index contributed by atoms with van der Waals surface area (Å²) >= 11 is 1.84. The standard InChI is InChI=1S/C23H32FN3OS.ClH/c24-17-11-13-19(14-12-17)25-22(28)15-21-16-29-23(26-18-7-3-1-4-8-18)27(21)20-9-5-2-6-10-20;/h11-14,18,20-21H,1-10,15-16H2,(H,25,28);1H/b26-23-;. The van der Waals surface area contributed by atoms with Crippen molar-refractivity contribution in [2.24, 2.45) is 4.99 Å². The van der Waals surface area contributed by atoms with Crippen molar-refractivity contribution in [2.75, 3.05) is 11.1 Å². The van der Waals surface area contributed by atoms with Gasteiger partial charge in [-0.1, -0.05) is 50.3 Å². The van der Waals surface area contributed by atoms with Gasteiger partial charge in [-0.2, -0.15) is 0 Å². The minimum absolute atomic E-state index is 0. The number of carbonyl (C=O) groups excluding carboxylic acids is 1. The van der Waals surface area contributed by atoms with Crippen LogP contribution < -0.4 is 5.32 Å². The van der Waals surface area contributed by atoms with Crippen LogP contribution in [0.2, 0.25) is 0 Å². The molecule has 3 aliphatic rings. The summed E-state index contributed by atoms with van der Waals surface area (Å²) in [6.45, 7) is 0. The van der Waals surface area contributed by atoms with Gasteiger partial charge >= 0.3 is 0 Å². The maximum atomic E-state index is 13.1. The number of carbonyl (C=O) groups is 1.